The summed E-state index contributed by atoms with van der Waals surface area (Å²) in [6.45, 7) is -0.0741. The number of nitrogens with one attached hydrogen (secondary N) is 1. The molecule has 188 valence electrons. The molecule has 1 aliphatic rings. The number of carbonyl (C=O) groups is 3. The fourth-order valence-electron chi connectivity index (χ4n) is 3.51. The lowest BCUT2D eigenvalue weighted by molar-refractivity contribution is -0.384. The maximum absolute atomic E-state index is 14.0. The molecule has 0 radical (unpaired) electrons. The van der Waals surface area contributed by atoms with Gasteiger partial charge in [-0.15, -0.1) is 0 Å². The van der Waals surface area contributed by atoms with E-state index >= 15 is 0 Å². The highest BCUT2D eigenvalue weighted by Crippen LogP contribution is 2.38. The summed E-state index contributed by atoms with van der Waals surface area (Å²) < 4.78 is 25.5. The molecule has 4 rings (SSSR count). The highest BCUT2D eigenvalue weighted by atomic mass is 79.9. The van der Waals surface area contributed by atoms with Crippen molar-refractivity contribution >= 4 is 51.2 Å². The van der Waals surface area contributed by atoms with Gasteiger partial charge in [0.25, 0.3) is 17.5 Å². The maximum atomic E-state index is 14.0. The van der Waals surface area contributed by atoms with Gasteiger partial charge in [-0.25, -0.2) is 14.1 Å². The van der Waals surface area contributed by atoms with E-state index in [1.165, 1.54) is 37.5 Å². The van der Waals surface area contributed by atoms with Crippen molar-refractivity contribution in [1.82, 2.24) is 5.32 Å². The number of carbonyl (C=O) groups excluding carboxylic acids is 3. The SMILES string of the molecule is COc1cc(/C=C2\C(=O)NC(=O)N(c3ccc([N+](=O)[O-])cc3)C2=O)cc(Br)c1OCc1ccccc1F. The normalized spacial score (nSPS) is 14.5. The van der Waals surface area contributed by atoms with Crippen LogP contribution in [-0.4, -0.2) is 29.9 Å². The zero-order valence-corrected chi connectivity index (χ0v) is 20.7. The van der Waals surface area contributed by atoms with Crippen molar-refractivity contribution in [3.05, 3.63) is 97.8 Å². The lowest BCUT2D eigenvalue weighted by Gasteiger charge is -2.26. The van der Waals surface area contributed by atoms with E-state index in [0.29, 0.717) is 20.5 Å². The van der Waals surface area contributed by atoms with E-state index < -0.39 is 28.6 Å². The van der Waals surface area contributed by atoms with Gasteiger partial charge in [0.2, 0.25) is 0 Å². The van der Waals surface area contributed by atoms with Crippen LogP contribution in [0.25, 0.3) is 6.08 Å². The Kier molecular flexibility index (Phi) is 7.30. The van der Waals surface area contributed by atoms with Gasteiger partial charge in [-0.1, -0.05) is 18.2 Å². The third-order valence-electron chi connectivity index (χ3n) is 5.31. The number of anilines is 1. The lowest BCUT2D eigenvalue weighted by Crippen LogP contribution is -2.54. The van der Waals surface area contributed by atoms with Crippen LogP contribution in [-0.2, 0) is 16.2 Å². The van der Waals surface area contributed by atoms with Crippen LogP contribution in [0.2, 0.25) is 0 Å². The summed E-state index contributed by atoms with van der Waals surface area (Å²) in [6, 6.07) is 12.9. The van der Waals surface area contributed by atoms with Gasteiger partial charge in [0.15, 0.2) is 11.5 Å². The first kappa shape index (κ1) is 25.5. The Morgan fingerprint density at radius 2 is 1.81 bits per heavy atom. The van der Waals surface area contributed by atoms with E-state index in [0.717, 1.165) is 12.1 Å². The minimum atomic E-state index is -0.989. The third-order valence-corrected chi connectivity index (χ3v) is 5.90. The van der Waals surface area contributed by atoms with Crippen molar-refractivity contribution in [3.63, 3.8) is 0 Å². The standard InChI is InChI=1S/C25H17BrFN3O7/c1-36-21-12-14(11-19(26)22(21)37-13-15-4-2-3-5-20(15)27)10-18-23(31)28-25(33)29(24(18)32)16-6-8-17(9-7-16)30(34)35/h2-12H,13H2,1H3,(H,28,31,33)/b18-10+. The van der Waals surface area contributed by atoms with Crippen LogP contribution in [0.15, 0.2) is 70.7 Å². The largest absolute Gasteiger partial charge is 0.493 e. The van der Waals surface area contributed by atoms with E-state index in [9.17, 15) is 28.9 Å². The number of imide groups is 2. The molecule has 0 saturated carbocycles. The van der Waals surface area contributed by atoms with Crippen LogP contribution in [0.4, 0.5) is 20.6 Å². The summed E-state index contributed by atoms with van der Waals surface area (Å²) in [6.07, 6.45) is 1.26. The molecule has 0 atom stereocenters. The fourth-order valence-corrected chi connectivity index (χ4v) is 4.08. The molecule has 0 aliphatic carbocycles. The molecule has 0 aromatic heterocycles. The molecule has 12 heteroatoms. The second-order valence-corrected chi connectivity index (χ2v) is 8.50. The number of ether oxygens (including phenoxy) is 2. The number of hydrogen-bond donors (Lipinski definition) is 1. The average molecular weight is 570 g/mol. The topological polar surface area (TPSA) is 128 Å². The predicted octanol–water partition coefficient (Wildman–Crippen LogP) is 4.75. The van der Waals surface area contributed by atoms with E-state index in [1.807, 2.05) is 0 Å². The molecule has 3 aromatic rings. The molecule has 3 aromatic carbocycles. The number of hydrogen-bond acceptors (Lipinski definition) is 7. The molecule has 4 amide bonds. The van der Waals surface area contributed by atoms with Gasteiger partial charge in [0, 0.05) is 17.7 Å². The summed E-state index contributed by atoms with van der Waals surface area (Å²) in [4.78, 5) is 49.0. The van der Waals surface area contributed by atoms with Crippen molar-refractivity contribution in [2.45, 2.75) is 6.61 Å². The molecule has 1 fully saturated rings. The highest BCUT2D eigenvalue weighted by Gasteiger charge is 2.37. The number of benzene rings is 3. The number of nitro groups is 1. The van der Waals surface area contributed by atoms with Crippen molar-refractivity contribution in [2.75, 3.05) is 12.0 Å². The molecule has 0 spiro atoms. The van der Waals surface area contributed by atoms with Gasteiger partial charge < -0.3 is 9.47 Å². The van der Waals surface area contributed by atoms with Gasteiger partial charge in [-0.05, 0) is 57.9 Å². The molecule has 0 unspecified atom stereocenters. The average Bonchev–Trinajstić information content (AvgIpc) is 2.86. The van der Waals surface area contributed by atoms with Crippen LogP contribution in [0, 0.1) is 15.9 Å². The lowest BCUT2D eigenvalue weighted by atomic mass is 10.1. The van der Waals surface area contributed by atoms with Gasteiger partial charge >= 0.3 is 6.03 Å². The summed E-state index contributed by atoms with van der Waals surface area (Å²) in [5, 5.41) is 13.0. The first-order valence-corrected chi connectivity index (χ1v) is 11.4. The number of rotatable bonds is 7. The number of barbiturate groups is 1. The van der Waals surface area contributed by atoms with Crippen molar-refractivity contribution in [2.24, 2.45) is 0 Å². The molecule has 1 heterocycles. The maximum Gasteiger partial charge on any atom is 0.335 e. The number of urea groups is 1. The molecule has 37 heavy (non-hydrogen) atoms. The highest BCUT2D eigenvalue weighted by molar-refractivity contribution is 9.10. The van der Waals surface area contributed by atoms with Crippen molar-refractivity contribution < 1.29 is 33.2 Å². The molecule has 1 N–H and O–H groups in total. The second-order valence-electron chi connectivity index (χ2n) is 7.65. The summed E-state index contributed by atoms with van der Waals surface area (Å²) in [7, 11) is 1.39. The Bertz CT molecular complexity index is 1460. The van der Waals surface area contributed by atoms with Crippen molar-refractivity contribution in [3.8, 4) is 11.5 Å². The van der Waals surface area contributed by atoms with E-state index in [-0.39, 0.29) is 35.1 Å². The number of methoxy groups -OCH3 is 1. The first-order valence-electron chi connectivity index (χ1n) is 10.6. The molecular weight excluding hydrogens is 553 g/mol. The Morgan fingerprint density at radius 1 is 1.11 bits per heavy atom. The number of amides is 4. The zero-order valence-electron chi connectivity index (χ0n) is 19.1. The third kappa shape index (κ3) is 5.33. The van der Waals surface area contributed by atoms with Crippen LogP contribution >= 0.6 is 15.9 Å². The van der Waals surface area contributed by atoms with E-state index in [1.54, 1.807) is 24.3 Å². The van der Waals surface area contributed by atoms with E-state index in [4.69, 9.17) is 9.47 Å². The summed E-state index contributed by atoms with van der Waals surface area (Å²) in [5.41, 5.74) is 0.158. The van der Waals surface area contributed by atoms with Crippen molar-refractivity contribution in [1.29, 1.82) is 0 Å². The minimum Gasteiger partial charge on any atom is -0.493 e. The van der Waals surface area contributed by atoms with Crippen LogP contribution < -0.4 is 19.7 Å². The molecular formula is C25H17BrFN3O7. The molecule has 0 bridgehead atoms. The minimum absolute atomic E-state index is 0.0437. The van der Waals surface area contributed by atoms with Crippen LogP contribution in [0.1, 0.15) is 11.1 Å². The van der Waals surface area contributed by atoms with E-state index in [2.05, 4.69) is 21.2 Å². The molecule has 10 nitrogen and oxygen atoms in total. The fraction of sp³-hybridized carbons (Fsp3) is 0.0800. The Labute approximate surface area is 217 Å². The van der Waals surface area contributed by atoms with Crippen LogP contribution in [0.5, 0.6) is 11.5 Å². The van der Waals surface area contributed by atoms with Crippen LogP contribution in [0.3, 0.4) is 0 Å². The monoisotopic (exact) mass is 569 g/mol. The Morgan fingerprint density at radius 3 is 2.46 bits per heavy atom. The molecule has 1 aliphatic heterocycles. The van der Waals surface area contributed by atoms with Gasteiger partial charge in [-0.2, -0.15) is 0 Å². The summed E-state index contributed by atoms with van der Waals surface area (Å²) >= 11 is 3.37. The smallest absolute Gasteiger partial charge is 0.335 e. The Hall–Kier alpha value is -4.58. The first-order chi connectivity index (χ1) is 17.7. The predicted molar refractivity (Wildman–Crippen MR) is 134 cm³/mol. The zero-order chi connectivity index (χ0) is 26.7. The van der Waals surface area contributed by atoms with Gasteiger partial charge in [0.05, 0.1) is 22.2 Å². The molecule has 1 saturated heterocycles. The summed E-state index contributed by atoms with van der Waals surface area (Å²) in [5.74, 6) is -1.74. The quantitative estimate of drug-likeness (QED) is 0.188. The second kappa shape index (κ2) is 10.6. The number of halogens is 2. The van der Waals surface area contributed by atoms with Gasteiger partial charge in [-0.3, -0.25) is 25.0 Å². The number of nitro benzene ring substituents is 1. The Balaban J connectivity index is 1.64. The number of nitrogens with zero attached hydrogens (tertiary/aromatic N) is 2. The number of non-ortho nitro benzene ring substituents is 1. The van der Waals surface area contributed by atoms with Gasteiger partial charge in [0.1, 0.15) is 18.0 Å².